The van der Waals surface area contributed by atoms with Crippen molar-refractivity contribution in [2.45, 2.75) is 45.3 Å². The van der Waals surface area contributed by atoms with Gasteiger partial charge in [-0.1, -0.05) is 0 Å². The number of piperazine rings is 1. The van der Waals surface area contributed by atoms with Crippen molar-refractivity contribution in [3.05, 3.63) is 17.6 Å². The summed E-state index contributed by atoms with van der Waals surface area (Å²) in [4.78, 5) is 25.8. The van der Waals surface area contributed by atoms with Gasteiger partial charge in [0.25, 0.3) is 0 Å². The maximum Gasteiger partial charge on any atom is 0.225 e. The summed E-state index contributed by atoms with van der Waals surface area (Å²) < 4.78 is 0. The van der Waals surface area contributed by atoms with Crippen molar-refractivity contribution < 1.29 is 9.90 Å². The molecular formula is C17H29Cl2N5O2. The van der Waals surface area contributed by atoms with Crippen molar-refractivity contribution in [2.24, 2.45) is 11.7 Å². The van der Waals surface area contributed by atoms with E-state index in [0.29, 0.717) is 19.5 Å². The Kier molecular flexibility index (Phi) is 8.53. The zero-order valence-electron chi connectivity index (χ0n) is 15.3. The third-order valence-electron chi connectivity index (χ3n) is 5.16. The highest BCUT2D eigenvalue weighted by Crippen LogP contribution is 2.26. The average molecular weight is 406 g/mol. The molecule has 0 bridgehead atoms. The van der Waals surface area contributed by atoms with Crippen LogP contribution in [0, 0.1) is 19.8 Å². The quantitative estimate of drug-likeness (QED) is 0.763. The number of carbonyl (C=O) groups excluding carboxylic acids is 1. The first-order chi connectivity index (χ1) is 11.5. The second kappa shape index (κ2) is 9.69. The number of aliphatic hydroxyl groups excluding tert-OH is 1. The predicted molar refractivity (Wildman–Crippen MR) is 106 cm³/mol. The zero-order chi connectivity index (χ0) is 17.3. The Morgan fingerprint density at radius 1 is 1.19 bits per heavy atom. The molecule has 0 aromatic carbocycles. The lowest BCUT2D eigenvalue weighted by atomic mass is 9.83. The molecule has 1 amide bonds. The van der Waals surface area contributed by atoms with Gasteiger partial charge in [0, 0.05) is 44.3 Å². The van der Waals surface area contributed by atoms with E-state index in [2.05, 4.69) is 14.9 Å². The van der Waals surface area contributed by atoms with Crippen molar-refractivity contribution in [2.75, 3.05) is 31.1 Å². The van der Waals surface area contributed by atoms with Gasteiger partial charge in [-0.25, -0.2) is 4.98 Å². The molecule has 1 aromatic rings. The van der Waals surface area contributed by atoms with Gasteiger partial charge in [0.1, 0.15) is 5.82 Å². The first kappa shape index (κ1) is 22.9. The van der Waals surface area contributed by atoms with Crippen molar-refractivity contribution in [1.82, 2.24) is 14.9 Å². The maximum absolute atomic E-state index is 12.7. The van der Waals surface area contributed by atoms with Gasteiger partial charge in [-0.3, -0.25) is 9.78 Å². The Balaban J connectivity index is 0.00000169. The van der Waals surface area contributed by atoms with Gasteiger partial charge in [0.15, 0.2) is 0 Å². The van der Waals surface area contributed by atoms with Crippen molar-refractivity contribution >= 4 is 36.5 Å². The molecule has 0 spiro atoms. The molecule has 3 rings (SSSR count). The Hall–Kier alpha value is -1.15. The topological polar surface area (TPSA) is 95.6 Å². The highest BCUT2D eigenvalue weighted by Gasteiger charge is 2.34. The molecule has 0 unspecified atom stereocenters. The van der Waals surface area contributed by atoms with Crippen LogP contribution in [0.1, 0.15) is 30.7 Å². The minimum atomic E-state index is -0.556. The number of aliphatic hydroxyl groups is 1. The molecule has 1 saturated heterocycles. The lowest BCUT2D eigenvalue weighted by molar-refractivity contribution is -0.138. The number of aromatic nitrogens is 2. The Bertz CT molecular complexity index is 611. The lowest BCUT2D eigenvalue weighted by Gasteiger charge is -2.39. The fourth-order valence-electron chi connectivity index (χ4n) is 3.62. The third-order valence-corrected chi connectivity index (χ3v) is 5.16. The van der Waals surface area contributed by atoms with Crippen LogP contribution in [0.15, 0.2) is 6.20 Å². The van der Waals surface area contributed by atoms with Crippen molar-refractivity contribution in [1.29, 1.82) is 0 Å². The molecule has 7 nitrogen and oxygen atoms in total. The normalized spacial score (nSPS) is 25.9. The number of carbonyl (C=O) groups is 1. The largest absolute Gasteiger partial charge is 0.391 e. The molecular weight excluding hydrogens is 377 g/mol. The first-order valence-electron chi connectivity index (χ1n) is 8.73. The van der Waals surface area contributed by atoms with Crippen LogP contribution in [0.5, 0.6) is 0 Å². The maximum atomic E-state index is 12.7. The summed E-state index contributed by atoms with van der Waals surface area (Å²) in [7, 11) is 0. The minimum Gasteiger partial charge on any atom is -0.391 e. The Morgan fingerprint density at radius 3 is 2.46 bits per heavy atom. The van der Waals surface area contributed by atoms with Crippen LogP contribution in [0.4, 0.5) is 5.82 Å². The molecule has 1 aliphatic heterocycles. The van der Waals surface area contributed by atoms with E-state index in [1.54, 1.807) is 6.20 Å². The zero-order valence-corrected chi connectivity index (χ0v) is 16.9. The summed E-state index contributed by atoms with van der Waals surface area (Å²) in [5.74, 6) is 0.987. The monoisotopic (exact) mass is 405 g/mol. The molecule has 2 aliphatic rings. The van der Waals surface area contributed by atoms with Crippen molar-refractivity contribution in [3.63, 3.8) is 0 Å². The number of nitrogens with two attached hydrogens (primary N) is 1. The van der Waals surface area contributed by atoms with Gasteiger partial charge in [0.05, 0.1) is 17.5 Å². The van der Waals surface area contributed by atoms with Crippen LogP contribution in [0.25, 0.3) is 0 Å². The second-order valence-electron chi connectivity index (χ2n) is 6.97. The number of nitrogens with zero attached hydrogens (tertiary/aromatic N) is 4. The number of aryl methyl sites for hydroxylation is 2. The summed E-state index contributed by atoms with van der Waals surface area (Å²) in [6.45, 7) is 6.80. The molecule has 26 heavy (non-hydrogen) atoms. The van der Waals surface area contributed by atoms with Crippen LogP contribution in [-0.4, -0.2) is 64.2 Å². The van der Waals surface area contributed by atoms with Crippen LogP contribution >= 0.6 is 24.8 Å². The van der Waals surface area contributed by atoms with E-state index >= 15 is 0 Å². The molecule has 3 atom stereocenters. The molecule has 3 N–H and O–H groups in total. The molecule has 2 heterocycles. The van der Waals surface area contributed by atoms with Crippen LogP contribution in [0.3, 0.4) is 0 Å². The third kappa shape index (κ3) is 4.97. The van der Waals surface area contributed by atoms with E-state index in [0.717, 1.165) is 43.1 Å². The van der Waals surface area contributed by atoms with Gasteiger partial charge in [-0.05, 0) is 33.1 Å². The number of halogens is 2. The molecule has 148 valence electrons. The predicted octanol–water partition coefficient (Wildman–Crippen LogP) is 1.07. The van der Waals surface area contributed by atoms with E-state index in [1.165, 1.54) is 0 Å². The summed E-state index contributed by atoms with van der Waals surface area (Å²) >= 11 is 0. The number of amides is 1. The number of hydrogen-bond acceptors (Lipinski definition) is 6. The van der Waals surface area contributed by atoms with Gasteiger partial charge in [-0.15, -0.1) is 24.8 Å². The number of rotatable bonds is 2. The van der Waals surface area contributed by atoms with Gasteiger partial charge in [0.2, 0.25) is 5.91 Å². The summed E-state index contributed by atoms with van der Waals surface area (Å²) in [5, 5.41) is 9.92. The highest BCUT2D eigenvalue weighted by molar-refractivity contribution is 5.85. The van der Waals surface area contributed by atoms with Crippen LogP contribution < -0.4 is 10.6 Å². The Morgan fingerprint density at radius 2 is 1.85 bits per heavy atom. The van der Waals surface area contributed by atoms with Crippen molar-refractivity contribution in [3.8, 4) is 0 Å². The summed E-state index contributed by atoms with van der Waals surface area (Å²) in [6, 6.07) is -0.186. The molecule has 1 aliphatic carbocycles. The molecule has 0 radical (unpaired) electrons. The lowest BCUT2D eigenvalue weighted by Crippen LogP contribution is -2.52. The fraction of sp³-hybridized carbons (Fsp3) is 0.706. The molecule has 1 aromatic heterocycles. The van der Waals surface area contributed by atoms with Gasteiger partial charge < -0.3 is 20.6 Å². The molecule has 2 fully saturated rings. The first-order valence-corrected chi connectivity index (χ1v) is 8.73. The van der Waals surface area contributed by atoms with E-state index in [4.69, 9.17) is 5.73 Å². The van der Waals surface area contributed by atoms with E-state index in [9.17, 15) is 9.90 Å². The number of anilines is 1. The van der Waals surface area contributed by atoms with Crippen LogP contribution in [-0.2, 0) is 4.79 Å². The SMILES string of the molecule is Cc1cnc(C)c(N2CCN(C(=O)[C@H]3CC[C@H](N)[C@@H](O)C3)CC2)n1.Cl.Cl. The smallest absolute Gasteiger partial charge is 0.225 e. The van der Waals surface area contributed by atoms with E-state index < -0.39 is 6.10 Å². The summed E-state index contributed by atoms with van der Waals surface area (Å²) in [6.07, 6.45) is 3.20. The minimum absolute atomic E-state index is 0. The molecule has 9 heteroatoms. The Labute approximate surface area is 167 Å². The summed E-state index contributed by atoms with van der Waals surface area (Å²) in [5.41, 5.74) is 7.66. The molecule has 1 saturated carbocycles. The standard InChI is InChI=1S/C17H27N5O2.2ClH/c1-11-10-19-12(2)16(20-11)21-5-7-22(8-6-21)17(24)13-3-4-14(18)15(23)9-13;;/h10,13-15,23H,3-9,18H2,1-2H3;2*1H/t13-,14-,15-;;/m0../s1. The van der Waals surface area contributed by atoms with Gasteiger partial charge >= 0.3 is 0 Å². The second-order valence-corrected chi connectivity index (χ2v) is 6.97. The highest BCUT2D eigenvalue weighted by atomic mass is 35.5. The van der Waals surface area contributed by atoms with E-state index in [1.807, 2.05) is 18.7 Å². The fourth-order valence-corrected chi connectivity index (χ4v) is 3.62. The van der Waals surface area contributed by atoms with Gasteiger partial charge in [-0.2, -0.15) is 0 Å². The average Bonchev–Trinajstić information content (AvgIpc) is 2.59. The number of hydrogen-bond donors (Lipinski definition) is 2. The van der Waals surface area contributed by atoms with Crippen LogP contribution in [0.2, 0.25) is 0 Å². The van der Waals surface area contributed by atoms with E-state index in [-0.39, 0.29) is 42.7 Å².